The van der Waals surface area contributed by atoms with Gasteiger partial charge in [-0.3, -0.25) is 0 Å². The second-order valence-corrected chi connectivity index (χ2v) is 6.25. The summed E-state index contributed by atoms with van der Waals surface area (Å²) in [7, 11) is 0. The number of carbonyl (C=O) groups excluding carboxylic acids is 1. The molecule has 3 fully saturated rings. The van der Waals surface area contributed by atoms with E-state index in [1.54, 1.807) is 0 Å². The predicted molar refractivity (Wildman–Crippen MR) is 69.4 cm³/mol. The third-order valence-corrected chi connectivity index (χ3v) is 5.21. The fourth-order valence-corrected chi connectivity index (χ4v) is 3.61. The highest BCUT2D eigenvalue weighted by atomic mass is 16.5. The van der Waals surface area contributed by atoms with Gasteiger partial charge in [-0.25, -0.2) is 4.79 Å². The second kappa shape index (κ2) is 4.72. The molecule has 18 heavy (non-hydrogen) atoms. The minimum atomic E-state index is -0.00382. The standard InChI is InChI=1S/C14H24N2O2/c1-2-14(6-3-7-14)9-15-13(17)16-11-8-10-4-5-12(11)18-10/h10-12H,2-9H2,1H3,(H2,15,16,17)/t10-,11+,12-/m1/s1. The number of urea groups is 1. The number of carbonyl (C=O) groups is 1. The van der Waals surface area contributed by atoms with Gasteiger partial charge in [0.05, 0.1) is 18.2 Å². The number of amides is 2. The molecule has 1 aliphatic carbocycles. The Labute approximate surface area is 109 Å². The van der Waals surface area contributed by atoms with E-state index >= 15 is 0 Å². The maximum Gasteiger partial charge on any atom is 0.315 e. The van der Waals surface area contributed by atoms with Crippen LogP contribution >= 0.6 is 0 Å². The smallest absolute Gasteiger partial charge is 0.315 e. The largest absolute Gasteiger partial charge is 0.373 e. The summed E-state index contributed by atoms with van der Waals surface area (Å²) >= 11 is 0. The Kier molecular flexibility index (Phi) is 3.22. The summed E-state index contributed by atoms with van der Waals surface area (Å²) in [5, 5.41) is 6.14. The molecule has 2 heterocycles. The normalized spacial score (nSPS) is 36.2. The molecule has 0 aromatic carbocycles. The van der Waals surface area contributed by atoms with E-state index in [1.807, 2.05) is 0 Å². The summed E-state index contributed by atoms with van der Waals surface area (Å²) in [5.41, 5.74) is 0.391. The lowest BCUT2D eigenvalue weighted by atomic mass is 9.67. The van der Waals surface area contributed by atoms with Crippen molar-refractivity contribution in [2.24, 2.45) is 5.41 Å². The Hall–Kier alpha value is -0.770. The van der Waals surface area contributed by atoms with Crippen molar-refractivity contribution in [3.8, 4) is 0 Å². The molecule has 2 amide bonds. The van der Waals surface area contributed by atoms with E-state index in [0.29, 0.717) is 11.5 Å². The highest BCUT2D eigenvalue weighted by Crippen LogP contribution is 2.43. The van der Waals surface area contributed by atoms with Gasteiger partial charge in [0, 0.05) is 6.54 Å². The van der Waals surface area contributed by atoms with Crippen LogP contribution in [0.4, 0.5) is 4.79 Å². The van der Waals surface area contributed by atoms with Crippen LogP contribution in [-0.2, 0) is 4.74 Å². The van der Waals surface area contributed by atoms with E-state index in [9.17, 15) is 4.79 Å². The lowest BCUT2D eigenvalue weighted by Crippen LogP contribution is -2.50. The van der Waals surface area contributed by atoms with Gasteiger partial charge in [0.2, 0.25) is 0 Å². The van der Waals surface area contributed by atoms with E-state index in [1.165, 1.54) is 32.1 Å². The number of hydrogen-bond acceptors (Lipinski definition) is 2. The topological polar surface area (TPSA) is 50.4 Å². The molecule has 2 saturated heterocycles. The molecule has 0 unspecified atom stereocenters. The van der Waals surface area contributed by atoms with Crippen molar-refractivity contribution in [3.05, 3.63) is 0 Å². The van der Waals surface area contributed by atoms with Crippen molar-refractivity contribution < 1.29 is 9.53 Å². The Morgan fingerprint density at radius 1 is 1.39 bits per heavy atom. The van der Waals surface area contributed by atoms with Gasteiger partial charge < -0.3 is 15.4 Å². The van der Waals surface area contributed by atoms with Crippen LogP contribution in [0, 0.1) is 5.41 Å². The van der Waals surface area contributed by atoms with Crippen molar-refractivity contribution in [2.75, 3.05) is 6.54 Å². The van der Waals surface area contributed by atoms with Gasteiger partial charge in [0.15, 0.2) is 0 Å². The van der Waals surface area contributed by atoms with Gasteiger partial charge in [-0.05, 0) is 43.9 Å². The molecule has 2 aliphatic heterocycles. The van der Waals surface area contributed by atoms with Gasteiger partial charge in [0.25, 0.3) is 0 Å². The highest BCUT2D eigenvalue weighted by molar-refractivity contribution is 5.74. The van der Waals surface area contributed by atoms with Crippen LogP contribution in [0.15, 0.2) is 0 Å². The lowest BCUT2D eigenvalue weighted by molar-refractivity contribution is 0.0974. The van der Waals surface area contributed by atoms with Crippen LogP contribution in [0.5, 0.6) is 0 Å². The summed E-state index contributed by atoms with van der Waals surface area (Å²) in [4.78, 5) is 11.9. The third-order valence-electron chi connectivity index (χ3n) is 5.21. The molecule has 2 bridgehead atoms. The first-order chi connectivity index (χ1) is 8.71. The number of hydrogen-bond donors (Lipinski definition) is 2. The molecule has 1 saturated carbocycles. The molecule has 0 aromatic heterocycles. The first-order valence-electron chi connectivity index (χ1n) is 7.41. The van der Waals surface area contributed by atoms with Crippen LogP contribution in [0.1, 0.15) is 51.9 Å². The Morgan fingerprint density at radius 3 is 2.72 bits per heavy atom. The Balaban J connectivity index is 1.42. The van der Waals surface area contributed by atoms with E-state index in [-0.39, 0.29) is 18.2 Å². The van der Waals surface area contributed by atoms with Crippen molar-refractivity contribution in [1.29, 1.82) is 0 Å². The molecule has 2 N–H and O–H groups in total. The van der Waals surface area contributed by atoms with Crippen molar-refractivity contribution in [1.82, 2.24) is 10.6 Å². The number of nitrogens with one attached hydrogen (secondary N) is 2. The minimum Gasteiger partial charge on any atom is -0.373 e. The number of ether oxygens (including phenoxy) is 1. The summed E-state index contributed by atoms with van der Waals surface area (Å²) in [5.74, 6) is 0. The van der Waals surface area contributed by atoms with Crippen LogP contribution in [0.3, 0.4) is 0 Å². The SMILES string of the molecule is CCC1(CNC(=O)N[C@H]2C[C@H]3CC[C@H]2O3)CCC1. The average molecular weight is 252 g/mol. The number of fused-ring (bicyclic) bond motifs is 2. The molecule has 0 aromatic rings. The first-order valence-corrected chi connectivity index (χ1v) is 7.41. The fourth-order valence-electron chi connectivity index (χ4n) is 3.61. The quantitative estimate of drug-likeness (QED) is 0.805. The van der Waals surface area contributed by atoms with Crippen molar-refractivity contribution >= 4 is 6.03 Å². The molecule has 3 rings (SSSR count). The third kappa shape index (κ3) is 2.22. The summed E-state index contributed by atoms with van der Waals surface area (Å²) < 4.78 is 5.74. The van der Waals surface area contributed by atoms with Crippen molar-refractivity contribution in [3.63, 3.8) is 0 Å². The zero-order chi connectivity index (χ0) is 12.6. The minimum absolute atomic E-state index is 0.00382. The molecule has 4 nitrogen and oxygen atoms in total. The van der Waals surface area contributed by atoms with E-state index in [2.05, 4.69) is 17.6 Å². The van der Waals surface area contributed by atoms with E-state index < -0.39 is 0 Å². The first kappa shape index (κ1) is 12.3. The molecule has 102 valence electrons. The van der Waals surface area contributed by atoms with Crippen molar-refractivity contribution in [2.45, 2.75) is 70.1 Å². The van der Waals surface area contributed by atoms with Crippen LogP contribution < -0.4 is 10.6 Å². The summed E-state index contributed by atoms with van der Waals surface area (Å²) in [6.45, 7) is 3.06. The lowest BCUT2D eigenvalue weighted by Gasteiger charge is -2.41. The van der Waals surface area contributed by atoms with Crippen LogP contribution in [0.25, 0.3) is 0 Å². The van der Waals surface area contributed by atoms with Crippen LogP contribution in [0.2, 0.25) is 0 Å². The predicted octanol–water partition coefficient (Wildman–Crippen LogP) is 2.19. The summed E-state index contributed by atoms with van der Waals surface area (Å²) in [6.07, 6.45) is 8.96. The molecule has 0 spiro atoms. The molecule has 4 heteroatoms. The van der Waals surface area contributed by atoms with Gasteiger partial charge >= 0.3 is 6.03 Å². The average Bonchev–Trinajstić information content (AvgIpc) is 2.90. The second-order valence-electron chi connectivity index (χ2n) is 6.25. The monoisotopic (exact) mass is 252 g/mol. The Bertz CT molecular complexity index is 322. The number of rotatable bonds is 4. The molecular formula is C14H24N2O2. The van der Waals surface area contributed by atoms with E-state index in [0.717, 1.165) is 19.4 Å². The highest BCUT2D eigenvalue weighted by Gasteiger charge is 2.41. The zero-order valence-corrected chi connectivity index (χ0v) is 11.2. The maximum absolute atomic E-state index is 11.9. The van der Waals surface area contributed by atoms with Crippen LogP contribution in [-0.4, -0.2) is 30.8 Å². The van der Waals surface area contributed by atoms with E-state index in [4.69, 9.17) is 4.74 Å². The van der Waals surface area contributed by atoms with Gasteiger partial charge in [0.1, 0.15) is 0 Å². The zero-order valence-electron chi connectivity index (χ0n) is 11.2. The fraction of sp³-hybridized carbons (Fsp3) is 0.929. The molecule has 3 atom stereocenters. The Morgan fingerprint density at radius 2 is 2.22 bits per heavy atom. The maximum atomic E-state index is 11.9. The van der Waals surface area contributed by atoms with Gasteiger partial charge in [-0.15, -0.1) is 0 Å². The van der Waals surface area contributed by atoms with Gasteiger partial charge in [-0.2, -0.15) is 0 Å². The summed E-state index contributed by atoms with van der Waals surface area (Å²) in [6, 6.07) is 0.235. The molecular weight excluding hydrogens is 228 g/mol. The molecule has 3 aliphatic rings. The van der Waals surface area contributed by atoms with Gasteiger partial charge in [-0.1, -0.05) is 13.3 Å². The molecule has 0 radical (unpaired) electrons.